The molecule has 0 aromatic heterocycles. The minimum absolute atomic E-state index is 0.0553. The van der Waals surface area contributed by atoms with Crippen LogP contribution in [0.15, 0.2) is 24.3 Å². The average molecular weight is 576 g/mol. The van der Waals surface area contributed by atoms with E-state index < -0.39 is 41.6 Å². The minimum atomic E-state index is -1.04. The molecule has 13 nitrogen and oxygen atoms in total. The van der Waals surface area contributed by atoms with Crippen LogP contribution in [0.4, 0.5) is 0 Å². The van der Waals surface area contributed by atoms with Crippen molar-refractivity contribution >= 4 is 29.6 Å². The largest absolute Gasteiger partial charge is 0.494 e. The van der Waals surface area contributed by atoms with Gasteiger partial charge in [-0.25, -0.2) is 5.48 Å². The van der Waals surface area contributed by atoms with Crippen molar-refractivity contribution in [1.29, 1.82) is 5.41 Å². The highest BCUT2D eigenvalue weighted by Crippen LogP contribution is 2.27. The molecule has 4 atom stereocenters. The first-order chi connectivity index (χ1) is 19.5. The van der Waals surface area contributed by atoms with Gasteiger partial charge in [-0.1, -0.05) is 26.0 Å². The molecule has 4 amide bonds. The molecule has 2 aliphatic heterocycles. The van der Waals surface area contributed by atoms with Crippen LogP contribution in [0.1, 0.15) is 58.4 Å². The van der Waals surface area contributed by atoms with Crippen LogP contribution in [0, 0.1) is 23.2 Å². The lowest BCUT2D eigenvalue weighted by molar-refractivity contribution is -0.142. The maximum Gasteiger partial charge on any atom is 0.247 e. The SMILES string of the molecule is CCNC(=O)[C@H](CCCNC(=N)N)NC(=O)[C@@H]1Cc2ccc(cc2)OCCC[C@H](C(=O)NO)[C@@H](CC(C)C)C(=O)N1. The van der Waals surface area contributed by atoms with Gasteiger partial charge in [0.15, 0.2) is 5.96 Å². The van der Waals surface area contributed by atoms with Crippen molar-refractivity contribution < 1.29 is 29.1 Å². The predicted molar refractivity (Wildman–Crippen MR) is 153 cm³/mol. The third-order valence-corrected chi connectivity index (χ3v) is 6.89. The number of carbonyl (C=O) groups excluding carboxylic acids is 4. The first kappa shape index (κ1) is 33.3. The Balaban J connectivity index is 2.37. The Kier molecular flexibility index (Phi) is 13.9. The summed E-state index contributed by atoms with van der Waals surface area (Å²) in [6, 6.07) is 5.26. The second kappa shape index (κ2) is 17.1. The molecule has 0 spiro atoms. The van der Waals surface area contributed by atoms with Gasteiger partial charge in [-0.05, 0) is 62.6 Å². The second-order valence-electron chi connectivity index (χ2n) is 10.7. The van der Waals surface area contributed by atoms with E-state index in [1.54, 1.807) is 24.5 Å². The minimum Gasteiger partial charge on any atom is -0.494 e. The predicted octanol–water partition coefficient (Wildman–Crippen LogP) is 0.555. The van der Waals surface area contributed by atoms with Gasteiger partial charge in [-0.15, -0.1) is 0 Å². The van der Waals surface area contributed by atoms with Crippen molar-refractivity contribution in [3.8, 4) is 5.75 Å². The number of nitrogens with two attached hydrogens (primary N) is 1. The number of hydrogen-bond donors (Lipinski definition) is 8. The summed E-state index contributed by atoms with van der Waals surface area (Å²) in [7, 11) is 0. The summed E-state index contributed by atoms with van der Waals surface area (Å²) in [5.41, 5.74) is 7.79. The Labute approximate surface area is 241 Å². The summed E-state index contributed by atoms with van der Waals surface area (Å²) >= 11 is 0. The highest BCUT2D eigenvalue weighted by atomic mass is 16.5. The van der Waals surface area contributed by atoms with Crippen molar-refractivity contribution in [2.24, 2.45) is 23.5 Å². The van der Waals surface area contributed by atoms with Gasteiger partial charge in [0.1, 0.15) is 17.8 Å². The number of nitrogens with one attached hydrogen (secondary N) is 6. The lowest BCUT2D eigenvalue weighted by Gasteiger charge is -2.29. The summed E-state index contributed by atoms with van der Waals surface area (Å²) in [6.45, 7) is 6.68. The highest BCUT2D eigenvalue weighted by Gasteiger charge is 2.36. The molecule has 0 aliphatic carbocycles. The van der Waals surface area contributed by atoms with E-state index in [1.165, 1.54) is 0 Å². The number of benzene rings is 1. The summed E-state index contributed by atoms with van der Waals surface area (Å²) < 4.78 is 5.80. The number of likely N-dealkylation sites (N-methyl/N-ethyl adjacent to an activating group) is 1. The Morgan fingerprint density at radius 1 is 1.17 bits per heavy atom. The molecular formula is C28H45N7O6. The van der Waals surface area contributed by atoms with E-state index in [0.717, 1.165) is 5.56 Å². The van der Waals surface area contributed by atoms with Crippen LogP contribution in [0.5, 0.6) is 5.75 Å². The normalized spacial score (nSPS) is 20.1. The summed E-state index contributed by atoms with van der Waals surface area (Å²) in [5, 5.41) is 27.7. The molecular weight excluding hydrogens is 530 g/mol. The van der Waals surface area contributed by atoms with Crippen LogP contribution in [0.3, 0.4) is 0 Å². The fraction of sp³-hybridized carbons (Fsp3) is 0.607. The van der Waals surface area contributed by atoms with Gasteiger partial charge in [0.05, 0.1) is 12.5 Å². The van der Waals surface area contributed by atoms with E-state index >= 15 is 0 Å². The zero-order valence-corrected chi connectivity index (χ0v) is 24.1. The van der Waals surface area contributed by atoms with Crippen LogP contribution >= 0.6 is 0 Å². The molecule has 1 aromatic carbocycles. The third kappa shape index (κ3) is 11.3. The Morgan fingerprint density at radius 2 is 1.88 bits per heavy atom. The number of rotatable bonds is 11. The molecule has 9 N–H and O–H groups in total. The number of hydrogen-bond acceptors (Lipinski definition) is 7. The molecule has 2 aliphatic rings. The van der Waals surface area contributed by atoms with Crippen LogP contribution in [0.2, 0.25) is 0 Å². The molecule has 41 heavy (non-hydrogen) atoms. The van der Waals surface area contributed by atoms with E-state index in [2.05, 4.69) is 21.3 Å². The van der Waals surface area contributed by atoms with Crippen LogP contribution in [0.25, 0.3) is 0 Å². The fourth-order valence-electron chi connectivity index (χ4n) is 4.87. The van der Waals surface area contributed by atoms with Gasteiger partial charge in [0, 0.05) is 25.4 Å². The molecule has 228 valence electrons. The van der Waals surface area contributed by atoms with Crippen LogP contribution < -0.4 is 37.2 Å². The van der Waals surface area contributed by atoms with Gasteiger partial charge in [0.2, 0.25) is 23.6 Å². The van der Waals surface area contributed by atoms with Gasteiger partial charge < -0.3 is 31.7 Å². The van der Waals surface area contributed by atoms with Crippen molar-refractivity contribution in [2.45, 2.75) is 71.4 Å². The van der Waals surface area contributed by atoms with Gasteiger partial charge in [-0.2, -0.15) is 0 Å². The number of carbonyl (C=O) groups is 4. The maximum atomic E-state index is 13.7. The summed E-state index contributed by atoms with van der Waals surface area (Å²) in [5.74, 6) is -3.21. The van der Waals surface area contributed by atoms with Crippen molar-refractivity contribution in [1.82, 2.24) is 26.7 Å². The van der Waals surface area contributed by atoms with Gasteiger partial charge >= 0.3 is 0 Å². The van der Waals surface area contributed by atoms with Crippen LogP contribution in [-0.2, 0) is 25.6 Å². The lowest BCUT2D eigenvalue weighted by Crippen LogP contribution is -2.56. The molecule has 0 saturated carbocycles. The van der Waals surface area contributed by atoms with Gasteiger partial charge in [0.25, 0.3) is 0 Å². The summed E-state index contributed by atoms with van der Waals surface area (Å²) in [4.78, 5) is 52.8. The fourth-order valence-corrected chi connectivity index (χ4v) is 4.87. The first-order valence-corrected chi connectivity index (χ1v) is 14.2. The zero-order valence-electron chi connectivity index (χ0n) is 24.1. The number of hydroxylamine groups is 1. The quantitative estimate of drug-likeness (QED) is 0.0613. The standard InChI is InChI=1S/C28H45N7O6/c1-4-31-26(38)22(8-5-13-32-28(29)30)33-27(39)23-16-18-9-11-19(12-10-18)41-14-6-7-20(25(37)35-40)21(15-17(2)3)24(36)34-23/h9-12,17,20-23,40H,4-8,13-16H2,1-3H3,(H,31,38)(H,33,39)(H,34,36)(H,35,37)(H4,29,30,32)/t20-,21+,22-,23-/m0/s1. The maximum absolute atomic E-state index is 13.7. The van der Waals surface area contributed by atoms with E-state index in [9.17, 15) is 24.4 Å². The smallest absolute Gasteiger partial charge is 0.247 e. The van der Waals surface area contributed by atoms with Crippen molar-refractivity contribution in [2.75, 3.05) is 19.7 Å². The molecule has 2 bridgehead atoms. The van der Waals surface area contributed by atoms with Crippen molar-refractivity contribution in [3.63, 3.8) is 0 Å². The monoisotopic (exact) mass is 575 g/mol. The summed E-state index contributed by atoms with van der Waals surface area (Å²) in [6.07, 6.45) is 1.99. The number of fused-ring (bicyclic) bond motifs is 11. The van der Waals surface area contributed by atoms with E-state index in [-0.39, 0.29) is 30.6 Å². The Bertz CT molecular complexity index is 1030. The molecule has 0 unspecified atom stereocenters. The van der Waals surface area contributed by atoms with Crippen molar-refractivity contribution in [3.05, 3.63) is 29.8 Å². The zero-order chi connectivity index (χ0) is 30.4. The molecule has 13 heteroatoms. The molecule has 2 heterocycles. The molecule has 0 radical (unpaired) electrons. The van der Waals surface area contributed by atoms with E-state index in [4.69, 9.17) is 15.9 Å². The van der Waals surface area contributed by atoms with Gasteiger partial charge in [-0.3, -0.25) is 29.8 Å². The number of guanidine groups is 1. The number of ether oxygens (including phenoxy) is 1. The Hall–Kier alpha value is -3.87. The molecule has 1 aromatic rings. The molecule has 0 fully saturated rings. The second-order valence-corrected chi connectivity index (χ2v) is 10.7. The topological polar surface area (TPSA) is 208 Å². The lowest BCUT2D eigenvalue weighted by atomic mass is 9.81. The van der Waals surface area contributed by atoms with E-state index in [0.29, 0.717) is 51.1 Å². The molecule has 3 rings (SSSR count). The Morgan fingerprint density at radius 3 is 2.49 bits per heavy atom. The number of amides is 4. The van der Waals surface area contributed by atoms with E-state index in [1.807, 2.05) is 26.0 Å². The molecule has 0 saturated heterocycles. The average Bonchev–Trinajstić information content (AvgIpc) is 2.93. The van der Waals surface area contributed by atoms with Crippen LogP contribution in [-0.4, -0.2) is 66.6 Å². The highest BCUT2D eigenvalue weighted by molar-refractivity contribution is 5.94. The third-order valence-electron chi connectivity index (χ3n) is 6.89. The first-order valence-electron chi connectivity index (χ1n) is 14.2.